The SMILES string of the molecule is Oc1ccc(OC(F)(F)F)cc1CN1CCC[C@@H]1C(O)(c1ccccc1)c1ccccc1. The molecule has 1 saturated heterocycles. The number of hydrogen-bond acceptors (Lipinski definition) is 4. The van der Waals surface area contributed by atoms with E-state index in [9.17, 15) is 23.4 Å². The fourth-order valence-corrected chi connectivity index (χ4v) is 4.53. The molecular formula is C25H24F3NO3. The van der Waals surface area contributed by atoms with E-state index in [4.69, 9.17) is 0 Å². The number of hydrogen-bond donors (Lipinski definition) is 2. The Morgan fingerprint density at radius 1 is 0.906 bits per heavy atom. The third-order valence-corrected chi connectivity index (χ3v) is 5.93. The van der Waals surface area contributed by atoms with Crippen molar-refractivity contribution < 1.29 is 28.1 Å². The van der Waals surface area contributed by atoms with E-state index in [1.54, 1.807) is 0 Å². The fourth-order valence-electron chi connectivity index (χ4n) is 4.53. The molecule has 1 heterocycles. The molecule has 4 rings (SSSR count). The number of nitrogens with zero attached hydrogens (tertiary/aromatic N) is 1. The molecule has 3 aromatic rings. The van der Waals surface area contributed by atoms with E-state index >= 15 is 0 Å². The van der Waals surface area contributed by atoms with Crippen molar-refractivity contribution in [2.45, 2.75) is 37.4 Å². The number of alkyl halides is 3. The van der Waals surface area contributed by atoms with Crippen LogP contribution in [0.4, 0.5) is 13.2 Å². The number of aliphatic hydroxyl groups is 1. The number of phenolic OH excluding ortho intramolecular Hbond substituents is 1. The van der Waals surface area contributed by atoms with Gasteiger partial charge in [0.2, 0.25) is 0 Å². The van der Waals surface area contributed by atoms with Crippen LogP contribution in [0.3, 0.4) is 0 Å². The van der Waals surface area contributed by atoms with E-state index in [1.807, 2.05) is 65.6 Å². The Bertz CT molecular complexity index is 1000. The van der Waals surface area contributed by atoms with Gasteiger partial charge in [0.25, 0.3) is 0 Å². The Balaban J connectivity index is 1.69. The molecule has 1 aliphatic rings. The summed E-state index contributed by atoms with van der Waals surface area (Å²) in [5.41, 5.74) is 0.458. The number of rotatable bonds is 6. The molecule has 2 N–H and O–H groups in total. The van der Waals surface area contributed by atoms with Gasteiger partial charge >= 0.3 is 6.36 Å². The predicted molar refractivity (Wildman–Crippen MR) is 114 cm³/mol. The highest BCUT2D eigenvalue weighted by Gasteiger charge is 2.45. The molecular weight excluding hydrogens is 419 g/mol. The lowest BCUT2D eigenvalue weighted by Gasteiger charge is -2.40. The van der Waals surface area contributed by atoms with Crippen molar-refractivity contribution in [1.82, 2.24) is 4.90 Å². The van der Waals surface area contributed by atoms with Crippen LogP contribution in [-0.2, 0) is 12.1 Å². The van der Waals surface area contributed by atoms with Crippen molar-refractivity contribution in [3.8, 4) is 11.5 Å². The maximum absolute atomic E-state index is 12.6. The molecule has 32 heavy (non-hydrogen) atoms. The van der Waals surface area contributed by atoms with Crippen molar-refractivity contribution in [3.63, 3.8) is 0 Å². The van der Waals surface area contributed by atoms with Gasteiger partial charge in [-0.15, -0.1) is 13.2 Å². The highest BCUT2D eigenvalue weighted by molar-refractivity contribution is 5.41. The summed E-state index contributed by atoms with van der Waals surface area (Å²) >= 11 is 0. The molecule has 0 aliphatic carbocycles. The summed E-state index contributed by atoms with van der Waals surface area (Å²) in [6.45, 7) is 0.809. The Morgan fingerprint density at radius 3 is 2.06 bits per heavy atom. The fraction of sp³-hybridized carbons (Fsp3) is 0.280. The first-order chi connectivity index (χ1) is 15.3. The quantitative estimate of drug-likeness (QED) is 0.551. The molecule has 0 bridgehead atoms. The summed E-state index contributed by atoms with van der Waals surface area (Å²) < 4.78 is 41.9. The minimum absolute atomic E-state index is 0.117. The minimum Gasteiger partial charge on any atom is -0.508 e. The van der Waals surface area contributed by atoms with Crippen molar-refractivity contribution in [1.29, 1.82) is 0 Å². The third-order valence-electron chi connectivity index (χ3n) is 5.93. The summed E-state index contributed by atoms with van der Waals surface area (Å²) in [6, 6.07) is 21.9. The van der Waals surface area contributed by atoms with Gasteiger partial charge in [-0.2, -0.15) is 0 Å². The van der Waals surface area contributed by atoms with Gasteiger partial charge in [-0.05, 0) is 48.7 Å². The number of aromatic hydroxyl groups is 1. The summed E-state index contributed by atoms with van der Waals surface area (Å²) in [5, 5.41) is 22.4. The Kier molecular flexibility index (Phi) is 6.13. The Labute approximate surface area is 184 Å². The highest BCUT2D eigenvalue weighted by Crippen LogP contribution is 2.41. The van der Waals surface area contributed by atoms with E-state index in [-0.39, 0.29) is 24.1 Å². The number of benzene rings is 3. The van der Waals surface area contributed by atoms with Crippen LogP contribution < -0.4 is 4.74 Å². The van der Waals surface area contributed by atoms with E-state index in [1.165, 1.54) is 12.1 Å². The van der Waals surface area contributed by atoms with E-state index in [0.29, 0.717) is 18.5 Å². The van der Waals surface area contributed by atoms with Crippen LogP contribution in [0.5, 0.6) is 11.5 Å². The first-order valence-corrected chi connectivity index (χ1v) is 10.4. The molecule has 7 heteroatoms. The third kappa shape index (κ3) is 4.59. The van der Waals surface area contributed by atoms with Crippen LogP contribution in [-0.4, -0.2) is 34.1 Å². The standard InChI is InChI=1S/C25H24F3NO3/c26-25(27,28)32-21-13-14-22(30)18(16-21)17-29-15-7-12-23(29)24(31,19-8-3-1-4-9-19)20-10-5-2-6-11-20/h1-6,8-11,13-14,16,23,30-31H,7,12,15,17H2/t23-/m1/s1. The second kappa shape index (κ2) is 8.84. The van der Waals surface area contributed by atoms with E-state index in [2.05, 4.69) is 4.74 Å². The van der Waals surface area contributed by atoms with Crippen molar-refractivity contribution in [2.24, 2.45) is 0 Å². The first-order valence-electron chi connectivity index (χ1n) is 10.4. The van der Waals surface area contributed by atoms with Crippen LogP contribution in [0.1, 0.15) is 29.5 Å². The summed E-state index contributed by atoms with van der Waals surface area (Å²) in [6.07, 6.45) is -3.31. The van der Waals surface area contributed by atoms with E-state index in [0.717, 1.165) is 23.6 Å². The van der Waals surface area contributed by atoms with Gasteiger partial charge in [0, 0.05) is 18.2 Å². The van der Waals surface area contributed by atoms with Crippen LogP contribution in [0.15, 0.2) is 78.9 Å². The molecule has 1 atom stereocenters. The van der Waals surface area contributed by atoms with Crippen LogP contribution >= 0.6 is 0 Å². The highest BCUT2D eigenvalue weighted by atomic mass is 19.4. The molecule has 0 spiro atoms. The number of halogens is 3. The lowest BCUT2D eigenvalue weighted by Crippen LogP contribution is -2.48. The molecule has 0 aromatic heterocycles. The Morgan fingerprint density at radius 2 is 1.50 bits per heavy atom. The molecule has 0 unspecified atom stereocenters. The molecule has 3 aromatic carbocycles. The first kappa shape index (κ1) is 22.2. The zero-order valence-electron chi connectivity index (χ0n) is 17.3. The van der Waals surface area contributed by atoms with Crippen molar-refractivity contribution in [2.75, 3.05) is 6.54 Å². The van der Waals surface area contributed by atoms with Gasteiger partial charge in [-0.3, -0.25) is 4.90 Å². The zero-order valence-corrected chi connectivity index (χ0v) is 17.3. The normalized spacial score (nSPS) is 17.4. The summed E-state index contributed by atoms with van der Waals surface area (Å²) in [4.78, 5) is 2.01. The average Bonchev–Trinajstić information content (AvgIpc) is 3.24. The average molecular weight is 443 g/mol. The molecule has 1 fully saturated rings. The molecule has 0 radical (unpaired) electrons. The molecule has 168 valence electrons. The summed E-state index contributed by atoms with van der Waals surface area (Å²) in [7, 11) is 0. The smallest absolute Gasteiger partial charge is 0.508 e. The maximum atomic E-state index is 12.6. The molecule has 1 aliphatic heterocycles. The second-order valence-electron chi connectivity index (χ2n) is 7.97. The van der Waals surface area contributed by atoms with Crippen molar-refractivity contribution >= 4 is 0 Å². The van der Waals surface area contributed by atoms with Crippen molar-refractivity contribution in [3.05, 3.63) is 95.6 Å². The predicted octanol–water partition coefficient (Wildman–Crippen LogP) is 5.19. The lowest BCUT2D eigenvalue weighted by molar-refractivity contribution is -0.274. The van der Waals surface area contributed by atoms with Gasteiger partial charge in [0.05, 0.1) is 0 Å². The lowest BCUT2D eigenvalue weighted by atomic mass is 9.79. The molecule has 0 amide bonds. The van der Waals surface area contributed by atoms with Gasteiger partial charge in [0.1, 0.15) is 17.1 Å². The number of likely N-dealkylation sites (tertiary alicyclic amines) is 1. The van der Waals surface area contributed by atoms with Crippen LogP contribution in [0.25, 0.3) is 0 Å². The molecule has 0 saturated carbocycles. The maximum Gasteiger partial charge on any atom is 0.573 e. The van der Waals surface area contributed by atoms with E-state index < -0.39 is 12.0 Å². The van der Waals surface area contributed by atoms with Gasteiger partial charge in [-0.1, -0.05) is 60.7 Å². The molecule has 4 nitrogen and oxygen atoms in total. The minimum atomic E-state index is -4.81. The van der Waals surface area contributed by atoms with Crippen LogP contribution in [0, 0.1) is 0 Å². The van der Waals surface area contributed by atoms with Gasteiger partial charge in [-0.25, -0.2) is 0 Å². The van der Waals surface area contributed by atoms with Gasteiger partial charge in [0.15, 0.2) is 0 Å². The van der Waals surface area contributed by atoms with Gasteiger partial charge < -0.3 is 14.9 Å². The monoisotopic (exact) mass is 443 g/mol. The Hall–Kier alpha value is -3.03. The zero-order chi connectivity index (χ0) is 22.8. The number of ether oxygens (including phenoxy) is 1. The second-order valence-corrected chi connectivity index (χ2v) is 7.97. The number of phenols is 1. The topological polar surface area (TPSA) is 52.9 Å². The largest absolute Gasteiger partial charge is 0.573 e. The van der Waals surface area contributed by atoms with Crippen LogP contribution in [0.2, 0.25) is 0 Å². The summed E-state index contributed by atoms with van der Waals surface area (Å²) in [5.74, 6) is -0.504.